The third-order valence-corrected chi connectivity index (χ3v) is 3.49. The van der Waals surface area contributed by atoms with Gasteiger partial charge < -0.3 is 10.6 Å². The molecule has 0 unspecified atom stereocenters. The van der Waals surface area contributed by atoms with Gasteiger partial charge in [-0.1, -0.05) is 12.1 Å². The van der Waals surface area contributed by atoms with Gasteiger partial charge in [0.1, 0.15) is 0 Å². The monoisotopic (exact) mass is 286 g/mol. The lowest BCUT2D eigenvalue weighted by Crippen LogP contribution is -2.29. The number of amides is 1. The Kier molecular flexibility index (Phi) is 3.87. The molecular formula is C15H18N4O2. The highest BCUT2D eigenvalue weighted by Gasteiger charge is 2.20. The average Bonchev–Trinajstić information content (AvgIpc) is 3.19. The summed E-state index contributed by atoms with van der Waals surface area (Å²) >= 11 is 0. The second-order valence-electron chi connectivity index (χ2n) is 5.37. The second-order valence-corrected chi connectivity index (χ2v) is 5.37. The summed E-state index contributed by atoms with van der Waals surface area (Å²) in [5.41, 5.74) is 2.20. The Balaban J connectivity index is 1.53. The van der Waals surface area contributed by atoms with Crippen molar-refractivity contribution >= 4 is 11.6 Å². The summed E-state index contributed by atoms with van der Waals surface area (Å²) in [6.07, 6.45) is 2.55. The van der Waals surface area contributed by atoms with Crippen LogP contribution in [0.4, 0.5) is 5.69 Å². The van der Waals surface area contributed by atoms with Gasteiger partial charge >= 0.3 is 0 Å². The highest BCUT2D eigenvalue weighted by atomic mass is 16.2. The fourth-order valence-electron chi connectivity index (χ4n) is 2.14. The van der Waals surface area contributed by atoms with Crippen molar-refractivity contribution in [3.63, 3.8) is 0 Å². The van der Waals surface area contributed by atoms with Gasteiger partial charge in [-0.2, -0.15) is 0 Å². The topological polar surface area (TPSA) is 89.8 Å². The van der Waals surface area contributed by atoms with Gasteiger partial charge in [0.25, 0.3) is 5.56 Å². The summed E-state index contributed by atoms with van der Waals surface area (Å²) in [4.78, 5) is 22.8. The van der Waals surface area contributed by atoms with E-state index in [1.54, 1.807) is 0 Å². The molecule has 4 N–H and O–H groups in total. The molecule has 1 heterocycles. The predicted octanol–water partition coefficient (Wildman–Crippen LogP) is 1.31. The van der Waals surface area contributed by atoms with Crippen LogP contribution in [0.2, 0.25) is 0 Å². The number of hydrogen-bond donors (Lipinski definition) is 4. The van der Waals surface area contributed by atoms with E-state index in [0.29, 0.717) is 6.54 Å². The fraction of sp³-hybridized carbons (Fsp3) is 0.333. The van der Waals surface area contributed by atoms with Crippen LogP contribution in [0.1, 0.15) is 12.8 Å². The molecule has 0 atom stereocenters. The molecule has 0 spiro atoms. The lowest BCUT2D eigenvalue weighted by atomic mass is 10.1. The maximum absolute atomic E-state index is 11.7. The van der Waals surface area contributed by atoms with Crippen LogP contribution in [0.15, 0.2) is 35.1 Å². The Morgan fingerprint density at radius 3 is 2.57 bits per heavy atom. The summed E-state index contributed by atoms with van der Waals surface area (Å²) in [5.74, 6) is 0.721. The van der Waals surface area contributed by atoms with Gasteiger partial charge in [-0.25, -0.2) is 0 Å². The number of aromatic nitrogens is 2. The Hall–Kier alpha value is -2.34. The number of aromatic amines is 2. The zero-order valence-electron chi connectivity index (χ0n) is 11.6. The molecule has 6 nitrogen and oxygen atoms in total. The number of carbonyl (C=O) groups is 1. The average molecular weight is 286 g/mol. The lowest BCUT2D eigenvalue weighted by molar-refractivity contribution is -0.115. The Morgan fingerprint density at radius 1 is 1.19 bits per heavy atom. The molecule has 0 bridgehead atoms. The SMILES string of the molecule is O=C(CNCC1CC1)Nc1ccc(-c2cc(=O)[nH][nH]2)cc1. The minimum Gasteiger partial charge on any atom is -0.325 e. The number of benzene rings is 1. The van der Waals surface area contributed by atoms with E-state index in [1.165, 1.54) is 18.9 Å². The molecule has 1 fully saturated rings. The number of hydrogen-bond acceptors (Lipinski definition) is 3. The van der Waals surface area contributed by atoms with Gasteiger partial charge in [-0.15, -0.1) is 0 Å². The largest absolute Gasteiger partial charge is 0.325 e. The number of rotatable bonds is 6. The number of carbonyl (C=O) groups excluding carboxylic acids is 1. The number of nitrogens with one attached hydrogen (secondary N) is 4. The molecule has 1 saturated carbocycles. The van der Waals surface area contributed by atoms with Gasteiger partial charge in [-0.05, 0) is 43.0 Å². The molecule has 110 valence electrons. The molecule has 21 heavy (non-hydrogen) atoms. The first-order valence-corrected chi connectivity index (χ1v) is 7.09. The summed E-state index contributed by atoms with van der Waals surface area (Å²) in [7, 11) is 0. The van der Waals surface area contributed by atoms with Gasteiger partial charge in [0.05, 0.1) is 12.2 Å². The standard InChI is InChI=1S/C15H18N4O2/c20-14-7-13(18-19-14)11-3-5-12(6-4-11)17-15(21)9-16-8-10-1-2-10/h3-7,10,16H,1-2,8-9H2,(H,17,21)(H2,18,19,20). The van der Waals surface area contributed by atoms with E-state index in [2.05, 4.69) is 20.8 Å². The predicted molar refractivity (Wildman–Crippen MR) is 81.1 cm³/mol. The van der Waals surface area contributed by atoms with Crippen LogP contribution in [-0.2, 0) is 4.79 Å². The summed E-state index contributed by atoms with van der Waals surface area (Å²) in [5, 5.41) is 11.3. The van der Waals surface area contributed by atoms with Gasteiger partial charge in [-0.3, -0.25) is 19.8 Å². The van der Waals surface area contributed by atoms with E-state index < -0.39 is 0 Å². The van der Waals surface area contributed by atoms with Crippen LogP contribution in [0.3, 0.4) is 0 Å². The highest BCUT2D eigenvalue weighted by Crippen LogP contribution is 2.27. The Morgan fingerprint density at radius 2 is 1.95 bits per heavy atom. The van der Waals surface area contributed by atoms with Crippen LogP contribution < -0.4 is 16.2 Å². The minimum atomic E-state index is -0.163. The number of H-pyrrole nitrogens is 2. The van der Waals surface area contributed by atoms with Gasteiger partial charge in [0.15, 0.2) is 0 Å². The molecule has 2 aromatic rings. The first kappa shape index (κ1) is 13.6. The maximum atomic E-state index is 11.7. The normalized spacial score (nSPS) is 14.1. The first-order valence-electron chi connectivity index (χ1n) is 7.09. The van der Waals surface area contributed by atoms with Crippen molar-refractivity contribution in [1.82, 2.24) is 15.5 Å². The quantitative estimate of drug-likeness (QED) is 0.645. The van der Waals surface area contributed by atoms with Crippen molar-refractivity contribution < 1.29 is 4.79 Å². The smallest absolute Gasteiger partial charge is 0.264 e. The first-order chi connectivity index (χ1) is 10.2. The lowest BCUT2D eigenvalue weighted by Gasteiger charge is -2.07. The molecule has 1 amide bonds. The van der Waals surface area contributed by atoms with Crippen molar-refractivity contribution in [2.45, 2.75) is 12.8 Å². The van der Waals surface area contributed by atoms with E-state index in [4.69, 9.17) is 0 Å². The molecule has 0 radical (unpaired) electrons. The third kappa shape index (κ3) is 3.82. The molecule has 1 aromatic carbocycles. The zero-order valence-corrected chi connectivity index (χ0v) is 11.6. The summed E-state index contributed by atoms with van der Waals surface area (Å²) in [6.45, 7) is 1.26. The van der Waals surface area contributed by atoms with Crippen LogP contribution in [0, 0.1) is 5.92 Å². The van der Waals surface area contributed by atoms with Crippen LogP contribution in [0.5, 0.6) is 0 Å². The molecule has 0 saturated heterocycles. The fourth-order valence-corrected chi connectivity index (χ4v) is 2.14. The number of anilines is 1. The molecule has 0 aliphatic heterocycles. The van der Waals surface area contributed by atoms with E-state index in [1.807, 2.05) is 24.3 Å². The molecule has 1 aromatic heterocycles. The van der Waals surface area contributed by atoms with Crippen molar-refractivity contribution in [1.29, 1.82) is 0 Å². The Bertz CT molecular complexity index is 667. The van der Waals surface area contributed by atoms with Crippen LogP contribution >= 0.6 is 0 Å². The van der Waals surface area contributed by atoms with Crippen molar-refractivity contribution in [3.8, 4) is 11.3 Å². The molecule has 3 rings (SSSR count). The van der Waals surface area contributed by atoms with Crippen molar-refractivity contribution in [3.05, 3.63) is 40.7 Å². The molecule has 1 aliphatic carbocycles. The highest BCUT2D eigenvalue weighted by molar-refractivity contribution is 5.92. The second kappa shape index (κ2) is 5.97. The van der Waals surface area contributed by atoms with Crippen molar-refractivity contribution in [2.24, 2.45) is 5.92 Å². The van der Waals surface area contributed by atoms with Crippen molar-refractivity contribution in [2.75, 3.05) is 18.4 Å². The van der Waals surface area contributed by atoms with E-state index in [0.717, 1.165) is 29.4 Å². The maximum Gasteiger partial charge on any atom is 0.264 e. The van der Waals surface area contributed by atoms with Gasteiger partial charge in [0, 0.05) is 11.8 Å². The van der Waals surface area contributed by atoms with E-state index in [-0.39, 0.29) is 11.5 Å². The molecular weight excluding hydrogens is 268 g/mol. The molecule has 6 heteroatoms. The van der Waals surface area contributed by atoms with E-state index in [9.17, 15) is 9.59 Å². The molecule has 1 aliphatic rings. The zero-order chi connectivity index (χ0) is 14.7. The Labute approximate surface area is 121 Å². The minimum absolute atomic E-state index is 0.0431. The summed E-state index contributed by atoms with van der Waals surface area (Å²) in [6, 6.07) is 8.84. The van der Waals surface area contributed by atoms with Gasteiger partial charge in [0.2, 0.25) is 5.91 Å². The third-order valence-electron chi connectivity index (χ3n) is 3.49. The van der Waals surface area contributed by atoms with Crippen LogP contribution in [-0.4, -0.2) is 29.2 Å². The summed E-state index contributed by atoms with van der Waals surface area (Å²) < 4.78 is 0. The van der Waals surface area contributed by atoms with E-state index >= 15 is 0 Å². The van der Waals surface area contributed by atoms with Crippen LogP contribution in [0.25, 0.3) is 11.3 Å².